The van der Waals surface area contributed by atoms with Gasteiger partial charge >= 0.3 is 0 Å². The first-order valence-corrected chi connectivity index (χ1v) is 12.9. The van der Waals surface area contributed by atoms with Crippen LogP contribution < -0.4 is 0 Å². The van der Waals surface area contributed by atoms with Crippen molar-refractivity contribution in [1.29, 1.82) is 0 Å². The maximum absolute atomic E-state index is 6.34. The summed E-state index contributed by atoms with van der Waals surface area (Å²) >= 11 is 0. The molecule has 9 atom stereocenters. The number of fused-ring (bicyclic) bond motifs is 3. The minimum absolute atomic E-state index is 0.0331. The van der Waals surface area contributed by atoms with Gasteiger partial charge in [-0.2, -0.15) is 0 Å². The maximum atomic E-state index is 6.34. The van der Waals surface area contributed by atoms with Gasteiger partial charge in [0, 0.05) is 6.42 Å². The van der Waals surface area contributed by atoms with Gasteiger partial charge in [0.25, 0.3) is 0 Å². The number of hydrogen-bond acceptors (Lipinski definition) is 8. The second kappa shape index (κ2) is 9.99. The molecule has 35 heavy (non-hydrogen) atoms. The van der Waals surface area contributed by atoms with Crippen LogP contribution in [0.15, 0.2) is 30.3 Å². The van der Waals surface area contributed by atoms with Gasteiger partial charge in [0.15, 0.2) is 24.2 Å². The van der Waals surface area contributed by atoms with E-state index in [9.17, 15) is 0 Å². The standard InChI is InChI=1S/C27H40O8/c1-16-12-21(30-19(17(16)2)14-28-13-18-10-8-7-9-11-18)29-15-20-22-23(33-26(3,4)32-22)24-25(31-20)35-27(5,6)34-24/h7-11,16-17,19-25H,12-15H2,1-6H3/t16-,17+,19?,20?,21-,22+,23+,24?,25-/m1/s1. The monoisotopic (exact) mass is 492 g/mol. The first kappa shape index (κ1) is 25.5. The van der Waals surface area contributed by atoms with Crippen LogP contribution in [-0.2, 0) is 44.5 Å². The molecule has 5 rings (SSSR count). The molecular weight excluding hydrogens is 452 g/mol. The van der Waals surface area contributed by atoms with Crippen LogP contribution in [0.1, 0.15) is 53.5 Å². The predicted octanol–water partition coefficient (Wildman–Crippen LogP) is 4.00. The topological polar surface area (TPSA) is 73.8 Å². The normalized spacial score (nSPS) is 41.9. The third-order valence-electron chi connectivity index (χ3n) is 7.47. The number of rotatable bonds is 7. The van der Waals surface area contributed by atoms with Crippen molar-refractivity contribution in [3.8, 4) is 0 Å². The van der Waals surface area contributed by atoms with Gasteiger partial charge < -0.3 is 37.9 Å². The molecule has 0 amide bonds. The Kier molecular flexibility index (Phi) is 7.29. The molecule has 0 spiro atoms. The van der Waals surface area contributed by atoms with E-state index in [1.54, 1.807) is 0 Å². The third-order valence-corrected chi connectivity index (χ3v) is 7.47. The molecule has 4 fully saturated rings. The third kappa shape index (κ3) is 5.75. The molecule has 8 nitrogen and oxygen atoms in total. The fourth-order valence-electron chi connectivity index (χ4n) is 5.45. The minimum atomic E-state index is -0.739. The van der Waals surface area contributed by atoms with Crippen LogP contribution >= 0.6 is 0 Å². The molecule has 0 bridgehead atoms. The van der Waals surface area contributed by atoms with E-state index in [0.717, 1.165) is 12.0 Å². The van der Waals surface area contributed by atoms with E-state index in [2.05, 4.69) is 26.0 Å². The summed E-state index contributed by atoms with van der Waals surface area (Å²) in [6.45, 7) is 13.5. The lowest BCUT2D eigenvalue weighted by Crippen LogP contribution is -2.56. The molecule has 0 saturated carbocycles. The molecule has 4 saturated heterocycles. The van der Waals surface area contributed by atoms with Crippen LogP contribution in [0.5, 0.6) is 0 Å². The molecule has 1 aromatic rings. The average Bonchev–Trinajstić information content (AvgIpc) is 3.29. The Morgan fingerprint density at radius 3 is 2.26 bits per heavy atom. The lowest BCUT2D eigenvalue weighted by molar-refractivity contribution is -0.274. The van der Waals surface area contributed by atoms with Crippen LogP contribution in [0.3, 0.4) is 0 Å². The van der Waals surface area contributed by atoms with Crippen molar-refractivity contribution in [3.05, 3.63) is 35.9 Å². The zero-order valence-electron chi connectivity index (χ0n) is 21.7. The van der Waals surface area contributed by atoms with Crippen LogP contribution in [0, 0.1) is 11.8 Å². The first-order valence-electron chi connectivity index (χ1n) is 12.9. The van der Waals surface area contributed by atoms with E-state index >= 15 is 0 Å². The molecule has 196 valence electrons. The summed E-state index contributed by atoms with van der Waals surface area (Å²) in [5.41, 5.74) is 1.15. The van der Waals surface area contributed by atoms with Crippen LogP contribution in [0.25, 0.3) is 0 Å². The molecule has 0 aliphatic carbocycles. The highest BCUT2D eigenvalue weighted by Crippen LogP contribution is 2.44. The van der Waals surface area contributed by atoms with E-state index in [0.29, 0.717) is 31.7 Å². The van der Waals surface area contributed by atoms with Gasteiger partial charge in [-0.15, -0.1) is 0 Å². The Morgan fingerprint density at radius 2 is 1.49 bits per heavy atom. The Hall–Kier alpha value is -1.10. The number of benzene rings is 1. The molecule has 0 aromatic heterocycles. The minimum Gasteiger partial charge on any atom is -0.374 e. The largest absolute Gasteiger partial charge is 0.374 e. The van der Waals surface area contributed by atoms with Crippen LogP contribution in [0.2, 0.25) is 0 Å². The van der Waals surface area contributed by atoms with Gasteiger partial charge in [-0.25, -0.2) is 0 Å². The molecule has 4 aliphatic heterocycles. The molecule has 1 aromatic carbocycles. The van der Waals surface area contributed by atoms with Gasteiger partial charge in [-0.3, -0.25) is 0 Å². The van der Waals surface area contributed by atoms with Crippen molar-refractivity contribution in [2.75, 3.05) is 13.2 Å². The highest BCUT2D eigenvalue weighted by Gasteiger charge is 2.60. The van der Waals surface area contributed by atoms with Crippen LogP contribution in [-0.4, -0.2) is 67.9 Å². The van der Waals surface area contributed by atoms with Crippen molar-refractivity contribution < 1.29 is 37.9 Å². The SMILES string of the molecule is C[C@@H]1C[C@H](OCC2O[C@@H]3OC(C)(C)OC3[C@H]3OC(C)(C)O[C@@H]23)OC(COCc2ccccc2)[C@H]1C. The zero-order chi connectivity index (χ0) is 24.8. The highest BCUT2D eigenvalue weighted by molar-refractivity contribution is 5.13. The summed E-state index contributed by atoms with van der Waals surface area (Å²) in [7, 11) is 0. The summed E-state index contributed by atoms with van der Waals surface area (Å²) in [6.07, 6.45) is -1.37. The molecule has 4 aliphatic rings. The van der Waals surface area contributed by atoms with Crippen molar-refractivity contribution in [1.82, 2.24) is 0 Å². The lowest BCUT2D eigenvalue weighted by atomic mass is 9.86. The van der Waals surface area contributed by atoms with Crippen LogP contribution in [0.4, 0.5) is 0 Å². The van der Waals surface area contributed by atoms with E-state index < -0.39 is 17.9 Å². The van der Waals surface area contributed by atoms with E-state index in [-0.39, 0.29) is 36.8 Å². The van der Waals surface area contributed by atoms with Gasteiger partial charge in [0.1, 0.15) is 24.4 Å². The average molecular weight is 493 g/mol. The van der Waals surface area contributed by atoms with Gasteiger partial charge in [0.2, 0.25) is 0 Å². The summed E-state index contributed by atoms with van der Waals surface area (Å²) in [5, 5.41) is 0. The maximum Gasteiger partial charge on any atom is 0.190 e. The fourth-order valence-corrected chi connectivity index (χ4v) is 5.45. The molecule has 0 N–H and O–H groups in total. The zero-order valence-corrected chi connectivity index (χ0v) is 21.7. The summed E-state index contributed by atoms with van der Waals surface area (Å²) < 4.78 is 49.4. The fraction of sp³-hybridized carbons (Fsp3) is 0.778. The molecule has 0 radical (unpaired) electrons. The molecular formula is C27H40O8. The van der Waals surface area contributed by atoms with Crippen molar-refractivity contribution in [2.45, 2.75) is 109 Å². The highest BCUT2D eigenvalue weighted by atomic mass is 16.9. The van der Waals surface area contributed by atoms with Crippen molar-refractivity contribution in [3.63, 3.8) is 0 Å². The summed E-state index contributed by atoms with van der Waals surface area (Å²) in [6, 6.07) is 10.2. The molecule has 8 heteroatoms. The number of hydrogen-bond donors (Lipinski definition) is 0. The smallest absolute Gasteiger partial charge is 0.190 e. The van der Waals surface area contributed by atoms with Crippen molar-refractivity contribution in [2.24, 2.45) is 11.8 Å². The van der Waals surface area contributed by atoms with E-state index in [1.165, 1.54) is 0 Å². The molecule has 3 unspecified atom stereocenters. The van der Waals surface area contributed by atoms with Gasteiger partial charge in [-0.1, -0.05) is 44.2 Å². The van der Waals surface area contributed by atoms with E-state index in [4.69, 9.17) is 37.9 Å². The van der Waals surface area contributed by atoms with Gasteiger partial charge in [-0.05, 0) is 45.1 Å². The second-order valence-electron chi connectivity index (χ2n) is 11.2. The quantitative estimate of drug-likeness (QED) is 0.566. The second-order valence-corrected chi connectivity index (χ2v) is 11.2. The predicted molar refractivity (Wildman–Crippen MR) is 126 cm³/mol. The Balaban J connectivity index is 1.18. The van der Waals surface area contributed by atoms with Crippen molar-refractivity contribution >= 4 is 0 Å². The van der Waals surface area contributed by atoms with E-state index in [1.807, 2.05) is 45.9 Å². The number of ether oxygens (including phenoxy) is 8. The Morgan fingerprint density at radius 1 is 0.800 bits per heavy atom. The van der Waals surface area contributed by atoms with Gasteiger partial charge in [0.05, 0.1) is 25.9 Å². The molecule has 4 heterocycles. The Bertz CT molecular complexity index is 845. The Labute approximate surface area is 208 Å². The summed E-state index contributed by atoms with van der Waals surface area (Å²) in [4.78, 5) is 0. The lowest BCUT2D eigenvalue weighted by Gasteiger charge is -2.41. The summed E-state index contributed by atoms with van der Waals surface area (Å²) in [5.74, 6) is -0.647. The first-order chi connectivity index (χ1) is 16.6.